The van der Waals surface area contributed by atoms with Gasteiger partial charge in [0, 0.05) is 23.7 Å². The van der Waals surface area contributed by atoms with E-state index in [9.17, 15) is 4.79 Å². The highest BCUT2D eigenvalue weighted by atomic mass is 32.1. The molecule has 2 aromatic carbocycles. The maximum Gasteiger partial charge on any atom is 0.255 e. The summed E-state index contributed by atoms with van der Waals surface area (Å²) in [6.45, 7) is 0.206. The molecule has 5 nitrogen and oxygen atoms in total. The summed E-state index contributed by atoms with van der Waals surface area (Å²) in [4.78, 5) is 12.6. The lowest BCUT2D eigenvalue weighted by atomic mass is 10.1. The first kappa shape index (κ1) is 14.3. The Hall–Kier alpha value is -2.60. The molecule has 3 N–H and O–H groups in total. The number of rotatable bonds is 4. The molecule has 0 atom stereocenters. The fourth-order valence-corrected chi connectivity index (χ4v) is 2.32. The summed E-state index contributed by atoms with van der Waals surface area (Å²) in [5.74, 6) is 1.12. The number of anilines is 1. The lowest BCUT2D eigenvalue weighted by Crippen LogP contribution is -2.13. The van der Waals surface area contributed by atoms with E-state index in [0.717, 1.165) is 5.56 Å². The van der Waals surface area contributed by atoms with Crippen LogP contribution in [0.2, 0.25) is 0 Å². The van der Waals surface area contributed by atoms with Crippen molar-refractivity contribution in [2.45, 2.75) is 6.42 Å². The number of nitrogens with one attached hydrogen (secondary N) is 1. The summed E-state index contributed by atoms with van der Waals surface area (Å²) < 4.78 is 10.5. The van der Waals surface area contributed by atoms with Crippen molar-refractivity contribution < 1.29 is 14.3 Å². The van der Waals surface area contributed by atoms with Gasteiger partial charge in [0.25, 0.3) is 5.91 Å². The molecule has 0 saturated heterocycles. The molecule has 0 aromatic heterocycles. The second-order valence-electron chi connectivity index (χ2n) is 4.86. The third kappa shape index (κ3) is 3.17. The van der Waals surface area contributed by atoms with E-state index in [-0.39, 0.29) is 12.7 Å². The van der Waals surface area contributed by atoms with Crippen LogP contribution >= 0.6 is 12.2 Å². The number of amides is 1. The Morgan fingerprint density at radius 3 is 2.59 bits per heavy atom. The highest BCUT2D eigenvalue weighted by molar-refractivity contribution is 7.80. The Morgan fingerprint density at radius 1 is 1.14 bits per heavy atom. The first-order valence-corrected chi connectivity index (χ1v) is 7.11. The summed E-state index contributed by atoms with van der Waals surface area (Å²) in [6.07, 6.45) is 0.527. The van der Waals surface area contributed by atoms with Gasteiger partial charge in [-0.25, -0.2) is 0 Å². The second-order valence-corrected chi connectivity index (χ2v) is 5.39. The first-order chi connectivity index (χ1) is 10.6. The van der Waals surface area contributed by atoms with E-state index in [1.54, 1.807) is 30.3 Å². The zero-order chi connectivity index (χ0) is 15.5. The third-order valence-electron chi connectivity index (χ3n) is 3.22. The minimum Gasteiger partial charge on any atom is -0.454 e. The lowest BCUT2D eigenvalue weighted by Gasteiger charge is -2.07. The largest absolute Gasteiger partial charge is 0.454 e. The van der Waals surface area contributed by atoms with E-state index in [1.165, 1.54) is 0 Å². The van der Waals surface area contributed by atoms with Gasteiger partial charge in [0.15, 0.2) is 11.5 Å². The van der Waals surface area contributed by atoms with Crippen molar-refractivity contribution in [3.8, 4) is 11.5 Å². The van der Waals surface area contributed by atoms with Gasteiger partial charge in [-0.2, -0.15) is 0 Å². The zero-order valence-corrected chi connectivity index (χ0v) is 12.5. The van der Waals surface area contributed by atoms with E-state index in [4.69, 9.17) is 27.4 Å². The predicted molar refractivity (Wildman–Crippen MR) is 87.4 cm³/mol. The minimum atomic E-state index is -0.194. The fourth-order valence-electron chi connectivity index (χ4n) is 2.15. The average Bonchev–Trinajstić information content (AvgIpc) is 2.95. The minimum absolute atomic E-state index is 0.194. The van der Waals surface area contributed by atoms with Crippen molar-refractivity contribution in [2.24, 2.45) is 5.73 Å². The number of carbonyl (C=O) groups is 1. The van der Waals surface area contributed by atoms with Gasteiger partial charge < -0.3 is 20.5 Å². The molecule has 1 heterocycles. The van der Waals surface area contributed by atoms with Crippen LogP contribution in [0.4, 0.5) is 5.69 Å². The summed E-state index contributed by atoms with van der Waals surface area (Å²) in [7, 11) is 0. The second kappa shape index (κ2) is 6.03. The summed E-state index contributed by atoms with van der Waals surface area (Å²) in [5.41, 5.74) is 7.69. The van der Waals surface area contributed by atoms with Crippen LogP contribution in [0.3, 0.4) is 0 Å². The van der Waals surface area contributed by atoms with E-state index >= 15 is 0 Å². The Bertz CT molecular complexity index is 729. The maximum absolute atomic E-state index is 12.2. The molecule has 0 aliphatic carbocycles. The Balaban J connectivity index is 1.70. The van der Waals surface area contributed by atoms with Crippen LogP contribution in [0, 0.1) is 0 Å². The number of hydrogen-bond donors (Lipinski definition) is 2. The number of nitrogens with two attached hydrogens (primary N) is 1. The van der Waals surface area contributed by atoms with Gasteiger partial charge in [0.1, 0.15) is 0 Å². The van der Waals surface area contributed by atoms with Gasteiger partial charge in [0.2, 0.25) is 6.79 Å². The molecule has 0 radical (unpaired) electrons. The summed E-state index contributed by atoms with van der Waals surface area (Å²) >= 11 is 4.86. The quantitative estimate of drug-likeness (QED) is 0.848. The SMILES string of the molecule is NC(=S)Cc1ccc(C(=O)Nc2ccc3c(c2)OCO3)cc1. The molecule has 0 spiro atoms. The predicted octanol–water partition coefficient (Wildman–Crippen LogP) is 2.50. The van der Waals surface area contributed by atoms with Crippen molar-refractivity contribution >= 4 is 28.8 Å². The average molecular weight is 314 g/mol. The van der Waals surface area contributed by atoms with Crippen LogP contribution in [0.25, 0.3) is 0 Å². The van der Waals surface area contributed by atoms with Gasteiger partial charge >= 0.3 is 0 Å². The molecular formula is C16H14N2O3S. The molecule has 0 saturated carbocycles. The highest BCUT2D eigenvalue weighted by Gasteiger charge is 2.14. The number of thiocarbonyl (C=S) groups is 1. The van der Waals surface area contributed by atoms with Gasteiger partial charge in [-0.1, -0.05) is 24.4 Å². The Labute approximate surface area is 133 Å². The Kier molecular flexibility index (Phi) is 3.93. The van der Waals surface area contributed by atoms with E-state index in [1.807, 2.05) is 12.1 Å². The number of benzene rings is 2. The monoisotopic (exact) mass is 314 g/mol. The van der Waals surface area contributed by atoms with Gasteiger partial charge in [0.05, 0.1) is 4.99 Å². The van der Waals surface area contributed by atoms with Crippen molar-refractivity contribution in [3.05, 3.63) is 53.6 Å². The summed E-state index contributed by atoms with van der Waals surface area (Å²) in [5, 5.41) is 2.82. The van der Waals surface area contributed by atoms with Gasteiger partial charge in [-0.3, -0.25) is 4.79 Å². The van der Waals surface area contributed by atoms with Gasteiger partial charge in [-0.15, -0.1) is 0 Å². The molecule has 1 aliphatic rings. The highest BCUT2D eigenvalue weighted by Crippen LogP contribution is 2.34. The summed E-state index contributed by atoms with van der Waals surface area (Å²) in [6, 6.07) is 12.4. The van der Waals surface area contributed by atoms with Crippen LogP contribution in [-0.4, -0.2) is 17.7 Å². The molecule has 0 fully saturated rings. The number of ether oxygens (including phenoxy) is 2. The van der Waals surface area contributed by atoms with E-state index in [2.05, 4.69) is 5.32 Å². The van der Waals surface area contributed by atoms with Crippen LogP contribution in [0.1, 0.15) is 15.9 Å². The Morgan fingerprint density at radius 2 is 1.86 bits per heavy atom. The van der Waals surface area contributed by atoms with E-state index < -0.39 is 0 Å². The van der Waals surface area contributed by atoms with Crippen molar-refractivity contribution in [3.63, 3.8) is 0 Å². The van der Waals surface area contributed by atoms with Crippen molar-refractivity contribution in [1.82, 2.24) is 0 Å². The molecule has 3 rings (SSSR count). The molecule has 0 bridgehead atoms. The molecule has 1 amide bonds. The topological polar surface area (TPSA) is 73.6 Å². The third-order valence-corrected chi connectivity index (χ3v) is 3.37. The molecule has 2 aromatic rings. The smallest absolute Gasteiger partial charge is 0.255 e. The standard InChI is InChI=1S/C16H14N2O3S/c17-15(22)7-10-1-3-11(4-2-10)16(19)18-12-5-6-13-14(8-12)21-9-20-13/h1-6,8H,7,9H2,(H2,17,22)(H,18,19). The zero-order valence-electron chi connectivity index (χ0n) is 11.7. The van der Waals surface area contributed by atoms with Crippen molar-refractivity contribution in [1.29, 1.82) is 0 Å². The first-order valence-electron chi connectivity index (χ1n) is 6.70. The van der Waals surface area contributed by atoms with Crippen LogP contribution in [-0.2, 0) is 6.42 Å². The molecule has 6 heteroatoms. The van der Waals surface area contributed by atoms with Crippen LogP contribution in [0.15, 0.2) is 42.5 Å². The van der Waals surface area contributed by atoms with Crippen LogP contribution < -0.4 is 20.5 Å². The van der Waals surface area contributed by atoms with Crippen LogP contribution in [0.5, 0.6) is 11.5 Å². The molecule has 0 unspecified atom stereocenters. The van der Waals surface area contributed by atoms with Gasteiger partial charge in [-0.05, 0) is 29.8 Å². The fraction of sp³-hybridized carbons (Fsp3) is 0.125. The normalized spacial score (nSPS) is 12.0. The maximum atomic E-state index is 12.2. The molecule has 22 heavy (non-hydrogen) atoms. The number of hydrogen-bond acceptors (Lipinski definition) is 4. The van der Waals surface area contributed by atoms with E-state index in [0.29, 0.717) is 34.2 Å². The lowest BCUT2D eigenvalue weighted by molar-refractivity contribution is 0.102. The molecule has 112 valence electrons. The number of carbonyl (C=O) groups excluding carboxylic acids is 1. The number of fused-ring (bicyclic) bond motifs is 1. The van der Waals surface area contributed by atoms with Crippen molar-refractivity contribution in [2.75, 3.05) is 12.1 Å². The molecule has 1 aliphatic heterocycles. The molecular weight excluding hydrogens is 300 g/mol.